The molecule has 9 heteroatoms. The van der Waals surface area contributed by atoms with Gasteiger partial charge in [0.1, 0.15) is 23.8 Å². The van der Waals surface area contributed by atoms with Crippen LogP contribution in [0.4, 0.5) is 0 Å². The fourth-order valence-corrected chi connectivity index (χ4v) is 3.20. The van der Waals surface area contributed by atoms with Crippen LogP contribution in [-0.2, 0) is 9.59 Å². The molecule has 0 aromatic heterocycles. The Morgan fingerprint density at radius 2 is 1.72 bits per heavy atom. The summed E-state index contributed by atoms with van der Waals surface area (Å²) >= 11 is 0. The van der Waals surface area contributed by atoms with Crippen molar-refractivity contribution < 1.29 is 29.3 Å². The number of methoxy groups -OCH3 is 1. The van der Waals surface area contributed by atoms with E-state index in [0.29, 0.717) is 34.1 Å². The van der Waals surface area contributed by atoms with Crippen molar-refractivity contribution in [2.24, 2.45) is 5.10 Å². The molecule has 0 unspecified atom stereocenters. The predicted molar refractivity (Wildman–Crippen MR) is 119 cm³/mol. The number of amides is 1. The Balaban J connectivity index is 2.03. The van der Waals surface area contributed by atoms with Crippen molar-refractivity contribution in [3.8, 4) is 17.2 Å². The zero-order valence-corrected chi connectivity index (χ0v) is 17.8. The Bertz CT molecular complexity index is 1120. The summed E-state index contributed by atoms with van der Waals surface area (Å²) in [7, 11) is 1.58. The number of ether oxygens (including phenoxy) is 2. The molecule has 0 saturated carbocycles. The monoisotopic (exact) mass is 437 g/mol. The standard InChI is InChI=1S/C23H23N3O6/c1-4-19-18-12-16(32-15-8-6-14(31-3)7-9-15)10-11-17(18)22(29)21(26(19)25-5-2)23(30)24-13-20(27)28/h4-12,29H,13H2,1-3H3,(H,24,30)(H,27,28)/b19-4+,25-5-. The summed E-state index contributed by atoms with van der Waals surface area (Å²) < 4.78 is 11.1. The van der Waals surface area contributed by atoms with E-state index in [0.717, 1.165) is 0 Å². The number of hydrogen-bond donors (Lipinski definition) is 3. The smallest absolute Gasteiger partial charge is 0.322 e. The van der Waals surface area contributed by atoms with E-state index in [1.807, 2.05) is 0 Å². The second-order valence-electron chi connectivity index (χ2n) is 6.62. The van der Waals surface area contributed by atoms with Crippen molar-refractivity contribution in [3.63, 3.8) is 0 Å². The highest BCUT2D eigenvalue weighted by Crippen LogP contribution is 2.40. The Labute approximate surface area is 184 Å². The van der Waals surface area contributed by atoms with Crippen LogP contribution in [-0.4, -0.2) is 47.0 Å². The Kier molecular flexibility index (Phi) is 6.79. The lowest BCUT2D eigenvalue weighted by Gasteiger charge is -2.31. The number of benzene rings is 2. The zero-order valence-electron chi connectivity index (χ0n) is 17.8. The number of carboxylic acids is 1. The first-order valence-corrected chi connectivity index (χ1v) is 9.74. The number of aliphatic hydroxyl groups excluding tert-OH is 1. The summed E-state index contributed by atoms with van der Waals surface area (Å²) in [6.07, 6.45) is 3.20. The maximum atomic E-state index is 12.7. The molecule has 1 aliphatic rings. The van der Waals surface area contributed by atoms with E-state index in [1.165, 1.54) is 11.2 Å². The number of carbonyl (C=O) groups is 2. The van der Waals surface area contributed by atoms with Crippen molar-refractivity contribution >= 4 is 29.5 Å². The summed E-state index contributed by atoms with van der Waals surface area (Å²) in [5.41, 5.74) is 1.34. The summed E-state index contributed by atoms with van der Waals surface area (Å²) in [6.45, 7) is 2.84. The van der Waals surface area contributed by atoms with Crippen molar-refractivity contribution in [2.75, 3.05) is 13.7 Å². The number of allylic oxidation sites excluding steroid dienone is 1. The van der Waals surface area contributed by atoms with E-state index in [4.69, 9.17) is 14.6 Å². The topological polar surface area (TPSA) is 121 Å². The molecule has 9 nitrogen and oxygen atoms in total. The molecule has 166 valence electrons. The summed E-state index contributed by atoms with van der Waals surface area (Å²) in [5, 5.41) is 27.5. The summed E-state index contributed by atoms with van der Waals surface area (Å²) in [4.78, 5) is 23.5. The quantitative estimate of drug-likeness (QED) is 0.566. The van der Waals surface area contributed by atoms with Gasteiger partial charge in [-0.15, -0.1) is 0 Å². The van der Waals surface area contributed by atoms with Gasteiger partial charge in [-0.3, -0.25) is 9.59 Å². The van der Waals surface area contributed by atoms with E-state index in [-0.39, 0.29) is 11.5 Å². The SMILES string of the molecule is C/C=N\N1C(C(=O)NCC(=O)O)=C(O)c2ccc(Oc3ccc(OC)cc3)cc2/C1=C\C. The van der Waals surface area contributed by atoms with E-state index < -0.39 is 18.4 Å². The van der Waals surface area contributed by atoms with Gasteiger partial charge in [0, 0.05) is 17.3 Å². The number of fused-ring (bicyclic) bond motifs is 1. The normalized spacial score (nSPS) is 14.5. The predicted octanol–water partition coefficient (Wildman–Crippen LogP) is 3.60. The van der Waals surface area contributed by atoms with E-state index in [1.54, 1.807) is 69.5 Å². The Hall–Kier alpha value is -4.27. The van der Waals surface area contributed by atoms with E-state index >= 15 is 0 Å². The van der Waals surface area contributed by atoms with E-state index in [2.05, 4.69) is 10.4 Å². The number of nitrogens with zero attached hydrogens (tertiary/aromatic N) is 2. The number of aliphatic carboxylic acids is 1. The van der Waals surface area contributed by atoms with Gasteiger partial charge >= 0.3 is 5.97 Å². The van der Waals surface area contributed by atoms with Gasteiger partial charge in [-0.1, -0.05) is 6.08 Å². The van der Waals surface area contributed by atoms with Crippen LogP contribution in [0.15, 0.2) is 59.3 Å². The first kappa shape index (κ1) is 22.4. The zero-order chi connectivity index (χ0) is 23.3. The molecule has 0 saturated heterocycles. The third kappa shape index (κ3) is 4.56. The molecule has 32 heavy (non-hydrogen) atoms. The lowest BCUT2D eigenvalue weighted by molar-refractivity contribution is -0.137. The minimum atomic E-state index is -1.20. The maximum Gasteiger partial charge on any atom is 0.322 e. The number of aliphatic hydroxyl groups is 1. The van der Waals surface area contributed by atoms with Crippen molar-refractivity contribution in [3.05, 3.63) is 65.4 Å². The van der Waals surface area contributed by atoms with Gasteiger partial charge in [0.25, 0.3) is 5.91 Å². The van der Waals surface area contributed by atoms with E-state index in [9.17, 15) is 14.7 Å². The van der Waals surface area contributed by atoms with Crippen LogP contribution >= 0.6 is 0 Å². The third-order valence-electron chi connectivity index (χ3n) is 4.60. The fraction of sp³-hybridized carbons (Fsp3) is 0.174. The molecule has 2 aromatic rings. The van der Waals surface area contributed by atoms with Gasteiger partial charge in [-0.2, -0.15) is 5.10 Å². The molecule has 1 heterocycles. The molecule has 3 N–H and O–H groups in total. The maximum absolute atomic E-state index is 12.7. The number of carboxylic acid groups (broad SMARTS) is 1. The number of hydrogen-bond acceptors (Lipinski definition) is 7. The highest BCUT2D eigenvalue weighted by atomic mass is 16.5. The van der Waals surface area contributed by atoms with Crippen LogP contribution in [0, 0.1) is 0 Å². The second-order valence-corrected chi connectivity index (χ2v) is 6.62. The number of nitrogens with one attached hydrogen (secondary N) is 1. The summed E-state index contributed by atoms with van der Waals surface area (Å²) in [6, 6.07) is 12.1. The second kappa shape index (κ2) is 9.69. The molecule has 0 fully saturated rings. The Morgan fingerprint density at radius 3 is 2.31 bits per heavy atom. The fourth-order valence-electron chi connectivity index (χ4n) is 3.20. The molecule has 2 aromatic carbocycles. The molecule has 0 spiro atoms. The van der Waals surface area contributed by atoms with Gasteiger partial charge in [0.05, 0.1) is 12.8 Å². The van der Waals surface area contributed by atoms with Crippen molar-refractivity contribution in [1.29, 1.82) is 0 Å². The van der Waals surface area contributed by atoms with Gasteiger partial charge in [0.15, 0.2) is 11.5 Å². The first-order valence-electron chi connectivity index (χ1n) is 9.74. The van der Waals surface area contributed by atoms with Crippen LogP contribution in [0.3, 0.4) is 0 Å². The highest BCUT2D eigenvalue weighted by Gasteiger charge is 2.33. The largest absolute Gasteiger partial charge is 0.505 e. The van der Waals surface area contributed by atoms with Crippen molar-refractivity contribution in [2.45, 2.75) is 13.8 Å². The van der Waals surface area contributed by atoms with Crippen LogP contribution in [0.1, 0.15) is 25.0 Å². The van der Waals surface area contributed by atoms with Crippen LogP contribution < -0.4 is 14.8 Å². The number of rotatable bonds is 7. The molecule has 0 radical (unpaired) electrons. The molecule has 0 bridgehead atoms. The first-order chi connectivity index (χ1) is 15.4. The van der Waals surface area contributed by atoms with Crippen LogP contribution in [0.2, 0.25) is 0 Å². The van der Waals surface area contributed by atoms with Gasteiger partial charge in [0.2, 0.25) is 0 Å². The third-order valence-corrected chi connectivity index (χ3v) is 4.60. The molecule has 0 atom stereocenters. The Morgan fingerprint density at radius 1 is 1.06 bits per heavy atom. The molecule has 3 rings (SSSR count). The average Bonchev–Trinajstić information content (AvgIpc) is 2.78. The summed E-state index contributed by atoms with van der Waals surface area (Å²) in [5.74, 6) is -0.474. The highest BCUT2D eigenvalue weighted by molar-refractivity contribution is 6.04. The molecule has 1 amide bonds. The van der Waals surface area contributed by atoms with Gasteiger partial charge in [-0.25, -0.2) is 5.01 Å². The molecular weight excluding hydrogens is 414 g/mol. The minimum Gasteiger partial charge on any atom is -0.505 e. The lowest BCUT2D eigenvalue weighted by atomic mass is 9.96. The molecule has 1 aliphatic heterocycles. The lowest BCUT2D eigenvalue weighted by Crippen LogP contribution is -2.37. The van der Waals surface area contributed by atoms with Gasteiger partial charge < -0.3 is 25.0 Å². The number of hydrazone groups is 1. The average molecular weight is 437 g/mol. The van der Waals surface area contributed by atoms with Crippen LogP contribution in [0.25, 0.3) is 11.5 Å². The van der Waals surface area contributed by atoms with Gasteiger partial charge in [-0.05, 0) is 56.3 Å². The van der Waals surface area contributed by atoms with Crippen LogP contribution in [0.5, 0.6) is 17.2 Å². The van der Waals surface area contributed by atoms with Crippen molar-refractivity contribution in [1.82, 2.24) is 10.3 Å². The molecule has 0 aliphatic carbocycles. The minimum absolute atomic E-state index is 0.172. The molecular formula is C23H23N3O6. The number of carbonyl (C=O) groups excluding carboxylic acids is 1.